The van der Waals surface area contributed by atoms with Gasteiger partial charge in [0.15, 0.2) is 0 Å². The third kappa shape index (κ3) is 4.51. The lowest BCUT2D eigenvalue weighted by atomic mass is 10.0. The minimum absolute atomic E-state index is 0.0532. The summed E-state index contributed by atoms with van der Waals surface area (Å²) in [6.07, 6.45) is 4.26. The summed E-state index contributed by atoms with van der Waals surface area (Å²) in [7, 11) is 0. The SMILES string of the molecule is [2H]c1cc(C#N)cc([2H])c1Nc1nccc(Nc2c(C)cc(/C=C/C#N)cc2C([2H])([2H])[2H])n1. The van der Waals surface area contributed by atoms with Crippen molar-refractivity contribution in [3.63, 3.8) is 0 Å². The van der Waals surface area contributed by atoms with Gasteiger partial charge in [-0.1, -0.05) is 0 Å². The van der Waals surface area contributed by atoms with Crippen LogP contribution in [0, 0.1) is 36.4 Å². The van der Waals surface area contributed by atoms with E-state index >= 15 is 0 Å². The van der Waals surface area contributed by atoms with E-state index in [4.69, 9.17) is 17.4 Å². The van der Waals surface area contributed by atoms with Gasteiger partial charge in [0.2, 0.25) is 5.95 Å². The fourth-order valence-corrected chi connectivity index (χ4v) is 2.46. The maximum atomic E-state index is 8.98. The number of anilines is 4. The van der Waals surface area contributed by atoms with Crippen molar-refractivity contribution in [1.82, 2.24) is 9.97 Å². The molecule has 6 nitrogen and oxygen atoms in total. The molecule has 0 unspecified atom stereocenters. The standard InChI is InChI=1S/C22H18N6/c1-15-12-18(4-3-10-23)13-16(2)21(15)27-20-9-11-25-22(28-20)26-19-7-5-17(14-24)6-8-19/h3-9,11-13H,1-2H3,(H2,25,26,27,28)/b4-3+/i1D3,7D,8D. The van der Waals surface area contributed by atoms with Gasteiger partial charge < -0.3 is 10.6 Å². The molecule has 0 amide bonds. The number of rotatable bonds is 5. The predicted molar refractivity (Wildman–Crippen MR) is 110 cm³/mol. The van der Waals surface area contributed by atoms with Crippen molar-refractivity contribution in [3.05, 3.63) is 76.9 Å². The molecule has 6 heteroatoms. The molecule has 1 aromatic heterocycles. The summed E-state index contributed by atoms with van der Waals surface area (Å²) in [5, 5.41) is 23.6. The number of nitrogens with one attached hydrogen (secondary N) is 2. The fraction of sp³-hybridized carbons (Fsp3) is 0.0909. The number of nitriles is 2. The van der Waals surface area contributed by atoms with Crippen LogP contribution in [0.1, 0.15) is 29.1 Å². The van der Waals surface area contributed by atoms with Crippen LogP contribution in [0.25, 0.3) is 6.08 Å². The zero-order valence-electron chi connectivity index (χ0n) is 19.9. The number of hydrogen-bond acceptors (Lipinski definition) is 6. The average molecular weight is 371 g/mol. The number of benzene rings is 2. The van der Waals surface area contributed by atoms with Gasteiger partial charge in [0, 0.05) is 27.8 Å². The molecular weight excluding hydrogens is 348 g/mol. The molecule has 136 valence electrons. The Bertz CT molecular complexity index is 1300. The minimum atomic E-state index is -2.42. The maximum Gasteiger partial charge on any atom is 0.229 e. The number of aryl methyl sites for hydroxylation is 2. The summed E-state index contributed by atoms with van der Waals surface area (Å²) in [5.74, 6) is 0.390. The van der Waals surface area contributed by atoms with Gasteiger partial charge in [-0.05, 0) is 79.0 Å². The van der Waals surface area contributed by atoms with E-state index < -0.39 is 6.85 Å². The molecule has 0 aliphatic carbocycles. The summed E-state index contributed by atoms with van der Waals surface area (Å²) in [4.78, 5) is 8.42. The second kappa shape index (κ2) is 8.48. The first-order chi connectivity index (χ1) is 15.6. The van der Waals surface area contributed by atoms with Crippen molar-refractivity contribution < 1.29 is 6.85 Å². The minimum Gasteiger partial charge on any atom is -0.340 e. The van der Waals surface area contributed by atoms with Crippen molar-refractivity contribution in [2.24, 2.45) is 0 Å². The lowest BCUT2D eigenvalue weighted by Gasteiger charge is -2.14. The lowest BCUT2D eigenvalue weighted by molar-refractivity contribution is 1.16. The monoisotopic (exact) mass is 371 g/mol. The molecule has 0 saturated carbocycles. The fourth-order valence-electron chi connectivity index (χ4n) is 2.46. The van der Waals surface area contributed by atoms with Crippen LogP contribution >= 0.6 is 0 Å². The van der Waals surface area contributed by atoms with E-state index in [1.54, 1.807) is 19.1 Å². The second-order valence-corrected chi connectivity index (χ2v) is 5.76. The molecular formula is C22H18N6. The first kappa shape index (κ1) is 13.1. The number of aromatic nitrogens is 2. The quantitative estimate of drug-likeness (QED) is 0.613. The van der Waals surface area contributed by atoms with Gasteiger partial charge in [-0.3, -0.25) is 0 Å². The van der Waals surface area contributed by atoms with Crippen LogP contribution in [-0.4, -0.2) is 9.97 Å². The summed E-state index contributed by atoms with van der Waals surface area (Å²) in [5.41, 5.74) is 1.99. The Kier molecular flexibility index (Phi) is 3.96. The Morgan fingerprint density at radius 2 is 1.93 bits per heavy atom. The van der Waals surface area contributed by atoms with Gasteiger partial charge in [0.25, 0.3) is 0 Å². The van der Waals surface area contributed by atoms with Gasteiger partial charge in [-0.15, -0.1) is 0 Å². The van der Waals surface area contributed by atoms with E-state index in [1.165, 1.54) is 36.5 Å². The van der Waals surface area contributed by atoms with Crippen LogP contribution in [0.5, 0.6) is 0 Å². The number of nitrogens with zero attached hydrogens (tertiary/aromatic N) is 4. The largest absolute Gasteiger partial charge is 0.340 e. The van der Waals surface area contributed by atoms with Crippen molar-refractivity contribution in [2.45, 2.75) is 13.8 Å². The molecule has 28 heavy (non-hydrogen) atoms. The molecule has 0 spiro atoms. The molecule has 0 aliphatic heterocycles. The normalized spacial score (nSPS) is 13.3. The van der Waals surface area contributed by atoms with Crippen LogP contribution in [0.2, 0.25) is 0 Å². The number of hydrogen-bond donors (Lipinski definition) is 2. The highest BCUT2D eigenvalue weighted by molar-refractivity contribution is 5.69. The first-order valence-electron chi connectivity index (χ1n) is 10.7. The Hall–Kier alpha value is -4.16. The highest BCUT2D eigenvalue weighted by Gasteiger charge is 2.07. The van der Waals surface area contributed by atoms with E-state index in [2.05, 4.69) is 20.6 Å². The topological polar surface area (TPSA) is 97.4 Å². The third-order valence-electron chi connectivity index (χ3n) is 3.73. The van der Waals surface area contributed by atoms with E-state index in [9.17, 15) is 0 Å². The van der Waals surface area contributed by atoms with Gasteiger partial charge in [0.05, 0.1) is 20.4 Å². The Morgan fingerprint density at radius 1 is 1.14 bits per heavy atom. The van der Waals surface area contributed by atoms with Crippen molar-refractivity contribution in [3.8, 4) is 12.1 Å². The van der Waals surface area contributed by atoms with Gasteiger partial charge in [-0.25, -0.2) is 4.98 Å². The van der Waals surface area contributed by atoms with Gasteiger partial charge >= 0.3 is 0 Å². The summed E-state index contributed by atoms with van der Waals surface area (Å²) in [6.45, 7) is -0.669. The van der Waals surface area contributed by atoms with Crippen LogP contribution in [0.3, 0.4) is 0 Å². The van der Waals surface area contributed by atoms with E-state index in [0.29, 0.717) is 22.6 Å². The highest BCUT2D eigenvalue weighted by atomic mass is 15.1. The van der Waals surface area contributed by atoms with E-state index in [1.807, 2.05) is 12.1 Å². The molecule has 0 fully saturated rings. The Morgan fingerprint density at radius 3 is 2.64 bits per heavy atom. The van der Waals surface area contributed by atoms with Crippen LogP contribution in [-0.2, 0) is 0 Å². The molecule has 3 rings (SSSR count). The summed E-state index contributed by atoms with van der Waals surface area (Å²) in [6, 6.07) is 11.1. The smallest absolute Gasteiger partial charge is 0.229 e. The number of allylic oxidation sites excluding steroid dienone is 1. The Labute approximate surface area is 170 Å². The molecule has 1 heterocycles. The molecule has 0 radical (unpaired) electrons. The second-order valence-electron chi connectivity index (χ2n) is 5.76. The predicted octanol–water partition coefficient (Wildman–Crippen LogP) is 4.99. The van der Waals surface area contributed by atoms with Crippen molar-refractivity contribution in [1.29, 1.82) is 10.5 Å². The zero-order valence-corrected chi connectivity index (χ0v) is 14.9. The van der Waals surface area contributed by atoms with Crippen LogP contribution in [0.15, 0.2) is 54.7 Å². The average Bonchev–Trinajstić information content (AvgIpc) is 2.75. The Balaban J connectivity index is 1.96. The molecule has 2 aromatic carbocycles. The van der Waals surface area contributed by atoms with Gasteiger partial charge in [-0.2, -0.15) is 15.5 Å². The van der Waals surface area contributed by atoms with E-state index in [0.717, 1.165) is 0 Å². The van der Waals surface area contributed by atoms with Crippen LogP contribution < -0.4 is 10.6 Å². The molecule has 0 aliphatic rings. The maximum absolute atomic E-state index is 8.98. The van der Waals surface area contributed by atoms with Crippen molar-refractivity contribution >= 4 is 29.2 Å². The molecule has 0 atom stereocenters. The summed E-state index contributed by atoms with van der Waals surface area (Å²) < 4.78 is 39.8. The van der Waals surface area contributed by atoms with Crippen LogP contribution in [0.4, 0.5) is 23.1 Å². The van der Waals surface area contributed by atoms with E-state index in [-0.39, 0.29) is 34.8 Å². The first-order valence-corrected chi connectivity index (χ1v) is 8.22. The molecule has 0 saturated heterocycles. The molecule has 3 aromatic rings. The van der Waals surface area contributed by atoms with Crippen molar-refractivity contribution in [2.75, 3.05) is 10.6 Å². The molecule has 2 N–H and O–H groups in total. The highest BCUT2D eigenvalue weighted by Crippen LogP contribution is 2.26. The summed E-state index contributed by atoms with van der Waals surface area (Å²) >= 11 is 0. The lowest BCUT2D eigenvalue weighted by Crippen LogP contribution is -2.02. The molecule has 0 bridgehead atoms. The third-order valence-corrected chi connectivity index (χ3v) is 3.73. The van der Waals surface area contributed by atoms with Gasteiger partial charge in [0.1, 0.15) is 5.82 Å². The zero-order chi connectivity index (χ0) is 24.2.